The molecule has 0 radical (unpaired) electrons. The molecule has 0 N–H and O–H groups in total. The molecule has 26 heavy (non-hydrogen) atoms. The third-order valence-electron chi connectivity index (χ3n) is 5.83. The minimum Gasteiger partial charge on any atom is -0.463 e. The number of aryl methyl sites for hydroxylation is 1. The van der Waals surface area contributed by atoms with Crippen LogP contribution in [-0.2, 0) is 13.0 Å². The van der Waals surface area contributed by atoms with Crippen molar-refractivity contribution in [1.82, 2.24) is 14.9 Å². The molecule has 4 heteroatoms. The van der Waals surface area contributed by atoms with Gasteiger partial charge in [-0.3, -0.25) is 4.90 Å². The summed E-state index contributed by atoms with van der Waals surface area (Å²) >= 11 is 0. The van der Waals surface area contributed by atoms with Gasteiger partial charge in [-0.15, -0.1) is 0 Å². The van der Waals surface area contributed by atoms with Crippen molar-refractivity contribution in [2.45, 2.75) is 51.5 Å². The first-order chi connectivity index (χ1) is 12.8. The van der Waals surface area contributed by atoms with E-state index in [-0.39, 0.29) is 0 Å². The van der Waals surface area contributed by atoms with Crippen LogP contribution in [0.4, 0.5) is 0 Å². The summed E-state index contributed by atoms with van der Waals surface area (Å²) in [6, 6.07) is 9.82. The first-order valence-electron chi connectivity index (χ1n) is 10.0. The van der Waals surface area contributed by atoms with Gasteiger partial charge in [0.15, 0.2) is 0 Å². The maximum atomic E-state index is 5.76. The summed E-state index contributed by atoms with van der Waals surface area (Å²) in [4.78, 5) is 11.1. The van der Waals surface area contributed by atoms with E-state index in [1.807, 2.05) is 12.4 Å². The van der Waals surface area contributed by atoms with Crippen LogP contribution in [0, 0.1) is 5.92 Å². The van der Waals surface area contributed by atoms with E-state index in [0.717, 1.165) is 25.1 Å². The van der Waals surface area contributed by atoms with Crippen molar-refractivity contribution in [2.75, 3.05) is 19.7 Å². The molecule has 4 nitrogen and oxygen atoms in total. The van der Waals surface area contributed by atoms with Gasteiger partial charge < -0.3 is 4.74 Å². The number of hydrogen-bond acceptors (Lipinski definition) is 4. The summed E-state index contributed by atoms with van der Waals surface area (Å²) in [7, 11) is 0. The SMILES string of the molecule is CCc1cnc(OC[C@H]2C[C@@H](c3ccc(CN4CCCC4)cc3)C2)nc1. The molecule has 1 aliphatic carbocycles. The van der Waals surface area contributed by atoms with Crippen LogP contribution < -0.4 is 4.74 Å². The minimum absolute atomic E-state index is 0.511. The molecule has 0 bridgehead atoms. The van der Waals surface area contributed by atoms with Gasteiger partial charge in [0.05, 0.1) is 6.61 Å². The molecule has 2 aliphatic rings. The van der Waals surface area contributed by atoms with Gasteiger partial charge >= 0.3 is 6.01 Å². The van der Waals surface area contributed by atoms with Crippen molar-refractivity contribution < 1.29 is 4.74 Å². The fourth-order valence-electron chi connectivity index (χ4n) is 4.03. The molecule has 2 fully saturated rings. The Morgan fingerprint density at radius 1 is 1.00 bits per heavy atom. The number of aromatic nitrogens is 2. The summed E-state index contributed by atoms with van der Waals surface area (Å²) in [5.74, 6) is 1.31. The van der Waals surface area contributed by atoms with E-state index in [0.29, 0.717) is 17.8 Å². The molecule has 1 aliphatic heterocycles. The average Bonchev–Trinajstić information content (AvgIpc) is 3.15. The lowest BCUT2D eigenvalue weighted by atomic mass is 9.72. The molecule has 0 unspecified atom stereocenters. The zero-order valence-electron chi connectivity index (χ0n) is 15.7. The van der Waals surface area contributed by atoms with Gasteiger partial charge in [-0.05, 0) is 73.7 Å². The lowest BCUT2D eigenvalue weighted by Crippen LogP contribution is -2.27. The van der Waals surface area contributed by atoms with Gasteiger partial charge in [0.2, 0.25) is 0 Å². The lowest BCUT2D eigenvalue weighted by Gasteiger charge is -2.35. The molecule has 2 aromatic rings. The largest absolute Gasteiger partial charge is 0.463 e. The molecule has 1 aromatic carbocycles. The van der Waals surface area contributed by atoms with E-state index >= 15 is 0 Å². The van der Waals surface area contributed by atoms with Crippen LogP contribution in [0.15, 0.2) is 36.7 Å². The smallest absolute Gasteiger partial charge is 0.316 e. The standard InChI is InChI=1S/C22H29N3O/c1-2-17-13-23-22(24-14-17)26-16-19-11-21(12-19)20-7-5-18(6-8-20)15-25-9-3-4-10-25/h5-8,13-14,19,21H,2-4,9-12,15-16H2,1H3/t19-,21+. The van der Waals surface area contributed by atoms with Gasteiger partial charge in [-0.25, -0.2) is 9.97 Å². The first kappa shape index (κ1) is 17.5. The molecule has 2 heterocycles. The van der Waals surface area contributed by atoms with E-state index in [9.17, 15) is 0 Å². The topological polar surface area (TPSA) is 38.2 Å². The van der Waals surface area contributed by atoms with Crippen LogP contribution >= 0.6 is 0 Å². The second-order valence-electron chi connectivity index (χ2n) is 7.80. The third-order valence-corrected chi connectivity index (χ3v) is 5.83. The van der Waals surface area contributed by atoms with E-state index in [2.05, 4.69) is 46.1 Å². The van der Waals surface area contributed by atoms with Gasteiger partial charge in [-0.1, -0.05) is 31.2 Å². The zero-order chi connectivity index (χ0) is 17.8. The highest BCUT2D eigenvalue weighted by molar-refractivity contribution is 5.27. The van der Waals surface area contributed by atoms with Gasteiger partial charge in [0.1, 0.15) is 0 Å². The van der Waals surface area contributed by atoms with Gasteiger partial charge in [-0.2, -0.15) is 0 Å². The number of ether oxygens (including phenoxy) is 1. The Morgan fingerprint density at radius 3 is 2.35 bits per heavy atom. The van der Waals surface area contributed by atoms with Crippen LogP contribution in [-0.4, -0.2) is 34.6 Å². The number of benzene rings is 1. The molecule has 0 atom stereocenters. The predicted octanol–water partition coefficient (Wildman–Crippen LogP) is 4.21. The molecule has 0 amide bonds. The Kier molecular flexibility index (Phi) is 5.49. The molecule has 1 saturated carbocycles. The highest BCUT2D eigenvalue weighted by Gasteiger charge is 2.30. The third kappa shape index (κ3) is 4.24. The normalized spacial score (nSPS) is 23.0. The van der Waals surface area contributed by atoms with Crippen LogP contribution in [0.3, 0.4) is 0 Å². The number of hydrogen-bond donors (Lipinski definition) is 0. The average molecular weight is 351 g/mol. The lowest BCUT2D eigenvalue weighted by molar-refractivity contribution is 0.149. The van der Waals surface area contributed by atoms with Crippen LogP contribution in [0.1, 0.15) is 55.2 Å². The summed E-state index contributed by atoms with van der Waals surface area (Å²) in [5.41, 5.74) is 4.08. The molecule has 138 valence electrons. The predicted molar refractivity (Wildman–Crippen MR) is 103 cm³/mol. The van der Waals surface area contributed by atoms with Crippen LogP contribution in [0.25, 0.3) is 0 Å². The summed E-state index contributed by atoms with van der Waals surface area (Å²) < 4.78 is 5.76. The quantitative estimate of drug-likeness (QED) is 0.749. The number of nitrogens with zero attached hydrogens (tertiary/aromatic N) is 3. The van der Waals surface area contributed by atoms with Gasteiger partial charge in [0, 0.05) is 18.9 Å². The highest BCUT2D eigenvalue weighted by Crippen LogP contribution is 2.41. The van der Waals surface area contributed by atoms with Crippen LogP contribution in [0.5, 0.6) is 6.01 Å². The van der Waals surface area contributed by atoms with Crippen LogP contribution in [0.2, 0.25) is 0 Å². The highest BCUT2D eigenvalue weighted by atomic mass is 16.5. The second-order valence-corrected chi connectivity index (χ2v) is 7.80. The van der Waals surface area contributed by atoms with Crippen molar-refractivity contribution in [3.8, 4) is 6.01 Å². The Labute approximate surface area is 156 Å². The first-order valence-corrected chi connectivity index (χ1v) is 10.0. The second kappa shape index (κ2) is 8.17. The van der Waals surface area contributed by atoms with E-state index in [1.165, 1.54) is 49.9 Å². The summed E-state index contributed by atoms with van der Waals surface area (Å²) in [6.07, 6.45) is 9.80. The molecule has 1 saturated heterocycles. The van der Waals surface area contributed by atoms with Crippen molar-refractivity contribution >= 4 is 0 Å². The maximum absolute atomic E-state index is 5.76. The van der Waals surface area contributed by atoms with Crippen molar-refractivity contribution in [3.63, 3.8) is 0 Å². The fourth-order valence-corrected chi connectivity index (χ4v) is 4.03. The number of rotatable bonds is 7. The minimum atomic E-state index is 0.511. The summed E-state index contributed by atoms with van der Waals surface area (Å²) in [6.45, 7) is 6.47. The van der Waals surface area contributed by atoms with Crippen molar-refractivity contribution in [2.24, 2.45) is 5.92 Å². The van der Waals surface area contributed by atoms with E-state index in [4.69, 9.17) is 4.74 Å². The van der Waals surface area contributed by atoms with Gasteiger partial charge in [0.25, 0.3) is 0 Å². The zero-order valence-corrected chi connectivity index (χ0v) is 15.7. The number of likely N-dealkylation sites (tertiary alicyclic amines) is 1. The molecular formula is C22H29N3O. The maximum Gasteiger partial charge on any atom is 0.316 e. The molecular weight excluding hydrogens is 322 g/mol. The van der Waals surface area contributed by atoms with Crippen molar-refractivity contribution in [1.29, 1.82) is 0 Å². The Morgan fingerprint density at radius 2 is 1.69 bits per heavy atom. The Balaban J connectivity index is 1.21. The fraction of sp³-hybridized carbons (Fsp3) is 0.545. The van der Waals surface area contributed by atoms with E-state index in [1.54, 1.807) is 0 Å². The molecule has 4 rings (SSSR count). The Bertz CT molecular complexity index is 686. The van der Waals surface area contributed by atoms with E-state index < -0.39 is 0 Å². The Hall–Kier alpha value is -1.94. The van der Waals surface area contributed by atoms with Crippen molar-refractivity contribution in [3.05, 3.63) is 53.3 Å². The summed E-state index contributed by atoms with van der Waals surface area (Å²) in [5, 5.41) is 0. The monoisotopic (exact) mass is 351 g/mol. The molecule has 1 aromatic heterocycles. The molecule has 0 spiro atoms.